The predicted molar refractivity (Wildman–Crippen MR) is 98.6 cm³/mol. The summed E-state index contributed by atoms with van der Waals surface area (Å²) in [5.74, 6) is 1.23. The molecule has 0 bridgehead atoms. The Morgan fingerprint density at radius 3 is 1.96 bits per heavy atom. The number of piperazine rings is 1. The van der Waals surface area contributed by atoms with Gasteiger partial charge in [-0.1, -0.05) is 31.0 Å². The molecule has 0 saturated carbocycles. The fourth-order valence-corrected chi connectivity index (χ4v) is 2.90. The second kappa shape index (κ2) is 10.1. The Labute approximate surface area is 150 Å². The maximum absolute atomic E-state index is 12.3. The summed E-state index contributed by atoms with van der Waals surface area (Å²) in [6.07, 6.45) is 3.81. The molecule has 1 aliphatic heterocycles. The third kappa shape index (κ3) is 6.40. The highest BCUT2D eigenvalue weighted by atomic mass is 16.5. The van der Waals surface area contributed by atoms with Gasteiger partial charge >= 0.3 is 0 Å². The van der Waals surface area contributed by atoms with Crippen molar-refractivity contribution in [1.29, 1.82) is 0 Å². The molecule has 1 saturated heterocycles. The lowest BCUT2D eigenvalue weighted by Gasteiger charge is -2.35. The highest BCUT2D eigenvalue weighted by Gasteiger charge is 2.23. The minimum atomic E-state index is 0.160. The number of hydrogen-bond acceptors (Lipinski definition) is 3. The molecule has 1 heterocycles. The van der Waals surface area contributed by atoms with Crippen LogP contribution in [0.3, 0.4) is 0 Å². The number of benzene rings is 1. The first-order valence-corrected chi connectivity index (χ1v) is 9.35. The molecule has 0 aromatic heterocycles. The number of nitrogens with zero attached hydrogens (tertiary/aromatic N) is 2. The maximum atomic E-state index is 12.3. The predicted octanol–water partition coefficient (Wildman–Crippen LogP) is 3.02. The van der Waals surface area contributed by atoms with Gasteiger partial charge in [0.25, 0.3) is 0 Å². The number of carbonyl (C=O) groups excluding carboxylic acids is 2. The van der Waals surface area contributed by atoms with Crippen molar-refractivity contribution >= 4 is 11.8 Å². The topological polar surface area (TPSA) is 49.9 Å². The number of unbranched alkanes of at least 4 members (excludes halogenated alkanes) is 1. The molecular formula is C20H30N2O3. The molecule has 0 N–H and O–H groups in total. The van der Waals surface area contributed by atoms with Gasteiger partial charge in [0.05, 0.1) is 6.61 Å². The molecule has 1 aromatic carbocycles. The average molecular weight is 346 g/mol. The molecular weight excluding hydrogens is 316 g/mol. The number of carbonyl (C=O) groups is 2. The summed E-state index contributed by atoms with van der Waals surface area (Å²) >= 11 is 0. The molecule has 1 aliphatic rings. The van der Waals surface area contributed by atoms with Gasteiger partial charge in [-0.3, -0.25) is 9.59 Å². The summed E-state index contributed by atoms with van der Waals surface area (Å²) in [6, 6.07) is 7.93. The zero-order valence-electron chi connectivity index (χ0n) is 15.5. The van der Waals surface area contributed by atoms with Crippen LogP contribution >= 0.6 is 0 Å². The largest absolute Gasteiger partial charge is 0.494 e. The van der Waals surface area contributed by atoms with E-state index in [1.165, 1.54) is 5.56 Å². The molecule has 0 unspecified atom stereocenters. The van der Waals surface area contributed by atoms with Crippen LogP contribution in [0.5, 0.6) is 5.75 Å². The molecule has 0 spiro atoms. The van der Waals surface area contributed by atoms with Crippen molar-refractivity contribution in [1.82, 2.24) is 9.80 Å². The van der Waals surface area contributed by atoms with E-state index in [9.17, 15) is 9.59 Å². The van der Waals surface area contributed by atoms with Crippen molar-refractivity contribution in [3.8, 4) is 5.75 Å². The van der Waals surface area contributed by atoms with Crippen molar-refractivity contribution in [2.24, 2.45) is 0 Å². The molecule has 5 nitrogen and oxygen atoms in total. The Balaban J connectivity index is 1.62. The van der Waals surface area contributed by atoms with E-state index < -0.39 is 0 Å². The highest BCUT2D eigenvalue weighted by molar-refractivity contribution is 5.78. The van der Waals surface area contributed by atoms with Crippen LogP contribution in [-0.2, 0) is 9.59 Å². The van der Waals surface area contributed by atoms with E-state index in [4.69, 9.17) is 4.74 Å². The van der Waals surface area contributed by atoms with Crippen molar-refractivity contribution in [2.45, 2.75) is 46.0 Å². The third-order valence-corrected chi connectivity index (χ3v) is 4.55. The molecule has 1 fully saturated rings. The van der Waals surface area contributed by atoms with E-state index in [1.54, 1.807) is 0 Å². The summed E-state index contributed by atoms with van der Waals surface area (Å²) in [5.41, 5.74) is 1.20. The smallest absolute Gasteiger partial charge is 0.222 e. The Bertz CT molecular complexity index is 549. The molecule has 138 valence electrons. The highest BCUT2D eigenvalue weighted by Crippen LogP contribution is 2.12. The fraction of sp³-hybridized carbons (Fsp3) is 0.600. The number of rotatable bonds is 8. The SMILES string of the molecule is CCCCC(=O)N1CCN(C(=O)CCCOc2ccc(C)cc2)CC1. The van der Waals surface area contributed by atoms with E-state index >= 15 is 0 Å². The summed E-state index contributed by atoms with van der Waals surface area (Å²) in [5, 5.41) is 0. The zero-order valence-corrected chi connectivity index (χ0v) is 15.5. The molecule has 0 radical (unpaired) electrons. The van der Waals surface area contributed by atoms with Crippen LogP contribution in [0.4, 0.5) is 0 Å². The number of aryl methyl sites for hydroxylation is 1. The molecule has 2 rings (SSSR count). The Kier molecular flexibility index (Phi) is 7.76. The lowest BCUT2D eigenvalue weighted by atomic mass is 10.2. The first-order valence-electron chi connectivity index (χ1n) is 9.35. The van der Waals surface area contributed by atoms with Gasteiger partial charge in [0, 0.05) is 39.0 Å². The van der Waals surface area contributed by atoms with E-state index in [2.05, 4.69) is 6.92 Å². The second-order valence-electron chi connectivity index (χ2n) is 6.63. The molecule has 0 aliphatic carbocycles. The molecule has 1 aromatic rings. The van der Waals surface area contributed by atoms with E-state index in [0.717, 1.165) is 18.6 Å². The van der Waals surface area contributed by atoms with Crippen molar-refractivity contribution < 1.29 is 14.3 Å². The molecule has 5 heteroatoms. The Hall–Kier alpha value is -2.04. The third-order valence-electron chi connectivity index (χ3n) is 4.55. The number of ether oxygens (including phenoxy) is 1. The van der Waals surface area contributed by atoms with Crippen molar-refractivity contribution in [3.63, 3.8) is 0 Å². The monoisotopic (exact) mass is 346 g/mol. The van der Waals surface area contributed by atoms with Crippen LogP contribution < -0.4 is 4.74 Å². The van der Waals surface area contributed by atoms with Crippen LogP contribution in [0.15, 0.2) is 24.3 Å². The van der Waals surface area contributed by atoms with Gasteiger partial charge in [-0.05, 0) is 31.9 Å². The van der Waals surface area contributed by atoms with Crippen LogP contribution in [0, 0.1) is 6.92 Å². The summed E-state index contributed by atoms with van der Waals surface area (Å²) < 4.78 is 5.66. The van der Waals surface area contributed by atoms with Gasteiger partial charge in [0.2, 0.25) is 11.8 Å². The van der Waals surface area contributed by atoms with Crippen LogP contribution in [-0.4, -0.2) is 54.4 Å². The van der Waals surface area contributed by atoms with Crippen LogP contribution in [0.2, 0.25) is 0 Å². The Morgan fingerprint density at radius 1 is 0.920 bits per heavy atom. The lowest BCUT2D eigenvalue weighted by Crippen LogP contribution is -2.50. The van der Waals surface area contributed by atoms with Gasteiger partial charge in [-0.25, -0.2) is 0 Å². The minimum absolute atomic E-state index is 0.160. The maximum Gasteiger partial charge on any atom is 0.222 e. The van der Waals surface area contributed by atoms with Crippen LogP contribution in [0.25, 0.3) is 0 Å². The second-order valence-corrected chi connectivity index (χ2v) is 6.63. The molecule has 25 heavy (non-hydrogen) atoms. The normalized spacial score (nSPS) is 14.5. The Morgan fingerprint density at radius 2 is 1.44 bits per heavy atom. The summed E-state index contributed by atoms with van der Waals surface area (Å²) in [4.78, 5) is 28.0. The van der Waals surface area contributed by atoms with Crippen molar-refractivity contribution in [2.75, 3.05) is 32.8 Å². The minimum Gasteiger partial charge on any atom is -0.494 e. The zero-order chi connectivity index (χ0) is 18.1. The molecule has 2 amide bonds. The van der Waals surface area contributed by atoms with Gasteiger partial charge in [0.1, 0.15) is 5.75 Å². The van der Waals surface area contributed by atoms with E-state index in [0.29, 0.717) is 52.0 Å². The standard InChI is InChI=1S/C20H30N2O3/c1-3-4-6-19(23)21-12-14-22(15-13-21)20(24)7-5-16-25-18-10-8-17(2)9-11-18/h8-11H,3-7,12-16H2,1-2H3. The van der Waals surface area contributed by atoms with Gasteiger partial charge in [-0.15, -0.1) is 0 Å². The number of amides is 2. The van der Waals surface area contributed by atoms with Crippen LogP contribution in [0.1, 0.15) is 44.6 Å². The summed E-state index contributed by atoms with van der Waals surface area (Å²) in [6.45, 7) is 7.30. The molecule has 0 atom stereocenters. The average Bonchev–Trinajstić information content (AvgIpc) is 2.64. The first kappa shape index (κ1) is 19.3. The van der Waals surface area contributed by atoms with Gasteiger partial charge < -0.3 is 14.5 Å². The fourth-order valence-electron chi connectivity index (χ4n) is 2.90. The summed E-state index contributed by atoms with van der Waals surface area (Å²) in [7, 11) is 0. The van der Waals surface area contributed by atoms with E-state index in [1.807, 2.05) is 41.0 Å². The van der Waals surface area contributed by atoms with Crippen molar-refractivity contribution in [3.05, 3.63) is 29.8 Å². The van der Waals surface area contributed by atoms with E-state index in [-0.39, 0.29) is 11.8 Å². The quantitative estimate of drug-likeness (QED) is 0.680. The first-order chi connectivity index (χ1) is 12.1. The number of hydrogen-bond donors (Lipinski definition) is 0. The lowest BCUT2D eigenvalue weighted by molar-refractivity contribution is -0.139. The van der Waals surface area contributed by atoms with Gasteiger partial charge in [0.15, 0.2) is 0 Å². The van der Waals surface area contributed by atoms with Gasteiger partial charge in [-0.2, -0.15) is 0 Å².